The number of benzene rings is 2. The average molecular weight is 478 g/mol. The molecule has 0 fully saturated rings. The van der Waals surface area contributed by atoms with Crippen LogP contribution in [0.5, 0.6) is 0 Å². The fraction of sp³-hybridized carbons (Fsp3) is 0.192. The maximum atomic E-state index is 15.0. The van der Waals surface area contributed by atoms with Gasteiger partial charge in [0.1, 0.15) is 18.3 Å². The van der Waals surface area contributed by atoms with E-state index in [2.05, 4.69) is 15.4 Å². The summed E-state index contributed by atoms with van der Waals surface area (Å²) in [5.74, 6) is -1.24. The molecule has 0 saturated heterocycles. The molecule has 0 bridgehead atoms. The Labute approximate surface area is 201 Å². The Morgan fingerprint density at radius 3 is 2.60 bits per heavy atom. The number of aliphatic hydroxyl groups is 1. The maximum Gasteiger partial charge on any atom is 0.254 e. The molecule has 1 amide bonds. The number of carbonyl (C=O) groups excluding carboxylic acids is 1. The molecule has 2 heterocycles. The van der Waals surface area contributed by atoms with Gasteiger partial charge in [0.25, 0.3) is 5.91 Å². The molecule has 0 aliphatic heterocycles. The van der Waals surface area contributed by atoms with E-state index in [1.807, 2.05) is 14.0 Å². The van der Waals surface area contributed by atoms with Crippen LogP contribution >= 0.6 is 0 Å². The van der Waals surface area contributed by atoms with Gasteiger partial charge in [-0.2, -0.15) is 5.10 Å². The van der Waals surface area contributed by atoms with Crippen LogP contribution in [0.2, 0.25) is 0 Å². The fourth-order valence-corrected chi connectivity index (χ4v) is 3.87. The highest BCUT2D eigenvalue weighted by Gasteiger charge is 2.19. The number of alkyl halides is 1. The van der Waals surface area contributed by atoms with Gasteiger partial charge in [0, 0.05) is 35.6 Å². The Hall–Kier alpha value is -4.11. The Balaban J connectivity index is 1.60. The van der Waals surface area contributed by atoms with Crippen molar-refractivity contribution in [2.75, 3.05) is 12.3 Å². The van der Waals surface area contributed by atoms with Crippen LogP contribution in [0.15, 0.2) is 60.9 Å². The number of pyridine rings is 1. The van der Waals surface area contributed by atoms with Crippen molar-refractivity contribution in [2.24, 2.45) is 7.05 Å². The minimum Gasteiger partial charge on any atom is -0.394 e. The summed E-state index contributed by atoms with van der Waals surface area (Å²) in [5, 5.41) is 16.6. The molecule has 0 spiro atoms. The zero-order valence-electron chi connectivity index (χ0n) is 19.3. The molecule has 7 nitrogen and oxygen atoms in total. The van der Waals surface area contributed by atoms with Crippen molar-refractivity contribution >= 4 is 11.7 Å². The van der Waals surface area contributed by atoms with Crippen LogP contribution in [0, 0.1) is 12.7 Å². The predicted octanol–water partition coefficient (Wildman–Crippen LogP) is 4.11. The van der Waals surface area contributed by atoms with Gasteiger partial charge in [0.15, 0.2) is 0 Å². The Kier molecular flexibility index (Phi) is 6.88. The van der Waals surface area contributed by atoms with E-state index >= 15 is 4.39 Å². The first-order chi connectivity index (χ1) is 16.8. The Morgan fingerprint density at radius 1 is 1.14 bits per heavy atom. The summed E-state index contributed by atoms with van der Waals surface area (Å²) in [6, 6.07) is 11.6. The summed E-state index contributed by atoms with van der Waals surface area (Å²) in [7, 11) is 1.84. The molecular weight excluding hydrogens is 452 g/mol. The number of hydrogen-bond donors (Lipinski definition) is 3. The molecule has 35 heavy (non-hydrogen) atoms. The molecule has 0 aliphatic rings. The van der Waals surface area contributed by atoms with Gasteiger partial charge >= 0.3 is 0 Å². The number of aromatic nitrogens is 3. The van der Waals surface area contributed by atoms with Gasteiger partial charge in [-0.15, -0.1) is 0 Å². The molecule has 4 N–H and O–H groups in total. The third-order valence-corrected chi connectivity index (χ3v) is 5.99. The second-order valence-corrected chi connectivity index (χ2v) is 8.21. The van der Waals surface area contributed by atoms with E-state index in [1.165, 1.54) is 12.1 Å². The van der Waals surface area contributed by atoms with Crippen molar-refractivity contribution < 1.29 is 18.7 Å². The Morgan fingerprint density at radius 2 is 1.94 bits per heavy atom. The van der Waals surface area contributed by atoms with Crippen molar-refractivity contribution in [3.8, 4) is 22.3 Å². The molecule has 0 aliphatic carbocycles. The number of aliphatic hydroxyl groups excluding tert-OH is 1. The molecule has 4 rings (SSSR count). The van der Waals surface area contributed by atoms with Gasteiger partial charge in [-0.05, 0) is 41.8 Å². The number of nitrogens with one attached hydrogen (secondary N) is 1. The van der Waals surface area contributed by atoms with Gasteiger partial charge in [0.2, 0.25) is 0 Å². The number of hydrogen-bond acceptors (Lipinski definition) is 5. The van der Waals surface area contributed by atoms with Crippen molar-refractivity contribution in [1.82, 2.24) is 20.1 Å². The first kappa shape index (κ1) is 24.0. The van der Waals surface area contributed by atoms with Crippen LogP contribution in [-0.4, -0.2) is 32.4 Å². The maximum absolute atomic E-state index is 15.0. The van der Waals surface area contributed by atoms with Crippen molar-refractivity contribution in [1.29, 1.82) is 0 Å². The quantitative estimate of drug-likeness (QED) is 0.371. The monoisotopic (exact) mass is 477 g/mol. The second kappa shape index (κ2) is 10.0. The second-order valence-electron chi connectivity index (χ2n) is 8.21. The molecule has 0 radical (unpaired) electrons. The van der Waals surface area contributed by atoms with Gasteiger partial charge in [-0.1, -0.05) is 30.3 Å². The first-order valence-electron chi connectivity index (χ1n) is 10.9. The summed E-state index contributed by atoms with van der Waals surface area (Å²) in [6.45, 7) is 0.832. The van der Waals surface area contributed by atoms with E-state index < -0.39 is 31.0 Å². The lowest BCUT2D eigenvalue weighted by Crippen LogP contribution is -2.31. The standard InChI is InChI=1S/C26H25F2N5O2/c1-15-22(13-31-33(15)2)19-9-21(25(29)30-12-19)17-6-7-20(23(28)10-17)26(35)32-24(14-34)18-5-3-4-16(8-18)11-27/h3-10,12-13,24,34H,11,14H2,1-2H3,(H2,29,30)(H,32,35)/t24-/m1/s1. The van der Waals surface area contributed by atoms with Crippen LogP contribution in [-0.2, 0) is 13.7 Å². The fourth-order valence-electron chi connectivity index (χ4n) is 3.87. The topological polar surface area (TPSA) is 106 Å². The molecular formula is C26H25F2N5O2. The lowest BCUT2D eigenvalue weighted by atomic mass is 9.99. The number of nitrogens with two attached hydrogens (primary N) is 1. The van der Waals surface area contributed by atoms with Gasteiger partial charge in [-0.3, -0.25) is 9.48 Å². The highest BCUT2D eigenvalue weighted by Crippen LogP contribution is 2.31. The minimum atomic E-state index is -0.813. The normalized spacial score (nSPS) is 11.9. The van der Waals surface area contributed by atoms with Gasteiger partial charge in [-0.25, -0.2) is 13.8 Å². The number of nitrogens with zero attached hydrogens (tertiary/aromatic N) is 3. The number of aryl methyl sites for hydroxylation is 1. The molecule has 0 saturated carbocycles. The molecule has 2 aromatic carbocycles. The minimum absolute atomic E-state index is 0.195. The van der Waals surface area contributed by atoms with Crippen LogP contribution in [0.4, 0.5) is 14.6 Å². The largest absolute Gasteiger partial charge is 0.394 e. The summed E-state index contributed by atoms with van der Waals surface area (Å²) in [4.78, 5) is 17.0. The third-order valence-electron chi connectivity index (χ3n) is 5.99. The van der Waals surface area contributed by atoms with E-state index in [0.29, 0.717) is 22.3 Å². The van der Waals surface area contributed by atoms with Crippen molar-refractivity contribution in [3.05, 3.63) is 89.1 Å². The number of halogens is 2. The SMILES string of the molecule is Cc1c(-c2cnc(N)c(-c3ccc(C(=O)N[C@H](CO)c4cccc(CF)c4)c(F)c3)c2)cnn1C. The molecule has 4 aromatic rings. The van der Waals surface area contributed by atoms with Crippen LogP contribution in [0.25, 0.3) is 22.3 Å². The summed E-state index contributed by atoms with van der Waals surface area (Å²) in [6.07, 6.45) is 3.36. The van der Waals surface area contributed by atoms with Gasteiger partial charge < -0.3 is 16.2 Å². The van der Waals surface area contributed by atoms with E-state index in [0.717, 1.165) is 16.8 Å². The molecule has 1 atom stereocenters. The smallest absolute Gasteiger partial charge is 0.254 e. The van der Waals surface area contributed by atoms with E-state index in [1.54, 1.807) is 53.5 Å². The highest BCUT2D eigenvalue weighted by atomic mass is 19.1. The lowest BCUT2D eigenvalue weighted by Gasteiger charge is -2.18. The third kappa shape index (κ3) is 4.90. The first-order valence-corrected chi connectivity index (χ1v) is 10.9. The zero-order chi connectivity index (χ0) is 25.1. The van der Waals surface area contributed by atoms with Crippen LogP contribution in [0.3, 0.4) is 0 Å². The summed E-state index contributed by atoms with van der Waals surface area (Å²) >= 11 is 0. The highest BCUT2D eigenvalue weighted by molar-refractivity contribution is 5.95. The van der Waals surface area contributed by atoms with Crippen LogP contribution < -0.4 is 11.1 Å². The van der Waals surface area contributed by atoms with Crippen molar-refractivity contribution in [3.63, 3.8) is 0 Å². The summed E-state index contributed by atoms with van der Waals surface area (Å²) < 4.78 is 29.8. The number of anilines is 1. The summed E-state index contributed by atoms with van der Waals surface area (Å²) in [5.41, 5.74) is 10.4. The van der Waals surface area contributed by atoms with Gasteiger partial charge in [0.05, 0.1) is 24.4 Å². The molecule has 2 aromatic heterocycles. The number of rotatable bonds is 7. The van der Waals surface area contributed by atoms with Crippen molar-refractivity contribution in [2.45, 2.75) is 19.6 Å². The Bertz CT molecular complexity index is 1390. The zero-order valence-corrected chi connectivity index (χ0v) is 19.3. The average Bonchev–Trinajstić information content (AvgIpc) is 3.20. The number of amides is 1. The molecule has 0 unspecified atom stereocenters. The lowest BCUT2D eigenvalue weighted by molar-refractivity contribution is 0.0912. The number of carbonyl (C=O) groups is 1. The van der Waals surface area contributed by atoms with E-state index in [4.69, 9.17) is 5.73 Å². The molecule has 9 heteroatoms. The molecule has 180 valence electrons. The number of nitrogen functional groups attached to an aromatic ring is 1. The van der Waals surface area contributed by atoms with Crippen LogP contribution in [0.1, 0.15) is 33.2 Å². The van der Waals surface area contributed by atoms with E-state index in [-0.39, 0.29) is 11.4 Å². The predicted molar refractivity (Wildman–Crippen MR) is 130 cm³/mol. The van der Waals surface area contributed by atoms with E-state index in [9.17, 15) is 14.3 Å².